The molecule has 1 aliphatic heterocycles. The van der Waals surface area contributed by atoms with Gasteiger partial charge in [0.2, 0.25) is 0 Å². The minimum absolute atomic E-state index is 0.00562. The molecule has 1 amide bonds. The average molecular weight is 341 g/mol. The van der Waals surface area contributed by atoms with Crippen LogP contribution >= 0.6 is 0 Å². The van der Waals surface area contributed by atoms with Crippen LogP contribution in [-0.2, 0) is 11.3 Å². The van der Waals surface area contributed by atoms with Gasteiger partial charge in [-0.2, -0.15) is 0 Å². The molecular weight excluding hydrogens is 318 g/mol. The molecule has 1 heterocycles. The van der Waals surface area contributed by atoms with Gasteiger partial charge in [0.15, 0.2) is 17.6 Å². The molecule has 3 rings (SSSR count). The summed E-state index contributed by atoms with van der Waals surface area (Å²) in [7, 11) is 1.66. The van der Waals surface area contributed by atoms with Crippen molar-refractivity contribution in [1.82, 2.24) is 4.90 Å². The van der Waals surface area contributed by atoms with E-state index >= 15 is 0 Å². The number of carbonyl (C=O) groups is 1. The van der Waals surface area contributed by atoms with Gasteiger partial charge in [0.1, 0.15) is 6.61 Å². The molecule has 0 spiro atoms. The van der Waals surface area contributed by atoms with E-state index in [4.69, 9.17) is 14.2 Å². The highest BCUT2D eigenvalue weighted by Gasteiger charge is 2.25. The second-order valence-electron chi connectivity index (χ2n) is 5.97. The molecule has 1 atom stereocenters. The predicted molar refractivity (Wildman–Crippen MR) is 95.1 cm³/mol. The van der Waals surface area contributed by atoms with Crippen molar-refractivity contribution in [1.29, 1.82) is 0 Å². The molecule has 0 aliphatic carbocycles. The van der Waals surface area contributed by atoms with Crippen LogP contribution in [-0.4, -0.2) is 43.7 Å². The maximum atomic E-state index is 12.8. The summed E-state index contributed by atoms with van der Waals surface area (Å²) < 4.78 is 16.8. The molecule has 5 heteroatoms. The Morgan fingerprint density at radius 2 is 1.88 bits per heavy atom. The summed E-state index contributed by atoms with van der Waals surface area (Å²) in [4.78, 5) is 14.5. The van der Waals surface area contributed by atoms with Crippen molar-refractivity contribution in [3.8, 4) is 11.5 Å². The fourth-order valence-electron chi connectivity index (χ4n) is 2.85. The molecule has 0 saturated carbocycles. The van der Waals surface area contributed by atoms with Gasteiger partial charge in [0.05, 0.1) is 13.2 Å². The molecule has 25 heavy (non-hydrogen) atoms. The normalized spacial score (nSPS) is 15.7. The monoisotopic (exact) mass is 341 g/mol. The minimum Gasteiger partial charge on any atom is -0.486 e. The number of carbonyl (C=O) groups excluding carboxylic acids is 1. The highest BCUT2D eigenvalue weighted by molar-refractivity contribution is 5.94. The van der Waals surface area contributed by atoms with Gasteiger partial charge in [-0.15, -0.1) is 0 Å². The molecule has 0 bridgehead atoms. The van der Waals surface area contributed by atoms with Crippen LogP contribution in [0.2, 0.25) is 0 Å². The number of ether oxygens (including phenoxy) is 3. The molecule has 0 fully saturated rings. The van der Waals surface area contributed by atoms with Crippen LogP contribution in [0.3, 0.4) is 0 Å². The maximum Gasteiger partial charge on any atom is 0.253 e. The smallest absolute Gasteiger partial charge is 0.253 e. The SMILES string of the molecule is CCN(CC1COc2ccccc2O1)C(=O)c1ccc(COC)cc1. The zero-order chi connectivity index (χ0) is 17.6. The van der Waals surface area contributed by atoms with Crippen LogP contribution in [0.15, 0.2) is 48.5 Å². The zero-order valence-corrected chi connectivity index (χ0v) is 14.6. The molecule has 0 N–H and O–H groups in total. The Morgan fingerprint density at radius 3 is 2.56 bits per heavy atom. The number of methoxy groups -OCH3 is 1. The molecule has 0 radical (unpaired) electrons. The molecule has 2 aromatic rings. The predicted octanol–water partition coefficient (Wildman–Crippen LogP) is 3.14. The van der Waals surface area contributed by atoms with Gasteiger partial charge in [-0.05, 0) is 36.8 Å². The zero-order valence-electron chi connectivity index (χ0n) is 14.6. The third-order valence-corrected chi connectivity index (χ3v) is 4.17. The van der Waals surface area contributed by atoms with E-state index in [1.54, 1.807) is 12.0 Å². The molecule has 0 aromatic heterocycles. The number of rotatable bonds is 6. The Balaban J connectivity index is 1.65. The number of fused-ring (bicyclic) bond motifs is 1. The van der Waals surface area contributed by atoms with E-state index in [9.17, 15) is 4.79 Å². The number of hydrogen-bond acceptors (Lipinski definition) is 4. The van der Waals surface area contributed by atoms with Crippen LogP contribution in [0.1, 0.15) is 22.8 Å². The van der Waals surface area contributed by atoms with Gasteiger partial charge in [-0.25, -0.2) is 0 Å². The summed E-state index contributed by atoms with van der Waals surface area (Å²) >= 11 is 0. The van der Waals surface area contributed by atoms with E-state index in [0.717, 1.165) is 17.1 Å². The summed E-state index contributed by atoms with van der Waals surface area (Å²) in [5.41, 5.74) is 1.71. The van der Waals surface area contributed by atoms with Crippen LogP contribution in [0.25, 0.3) is 0 Å². The van der Waals surface area contributed by atoms with Crippen molar-refractivity contribution in [2.24, 2.45) is 0 Å². The van der Waals surface area contributed by atoms with Gasteiger partial charge in [0, 0.05) is 19.2 Å². The van der Waals surface area contributed by atoms with E-state index < -0.39 is 0 Å². The Hall–Kier alpha value is -2.53. The fraction of sp³-hybridized carbons (Fsp3) is 0.350. The number of amides is 1. The first kappa shape index (κ1) is 17.3. The van der Waals surface area contributed by atoms with Crippen LogP contribution in [0.4, 0.5) is 0 Å². The average Bonchev–Trinajstić information content (AvgIpc) is 2.66. The fourth-order valence-corrected chi connectivity index (χ4v) is 2.85. The molecule has 0 saturated heterocycles. The van der Waals surface area contributed by atoms with Gasteiger partial charge in [-0.3, -0.25) is 4.79 Å². The maximum absolute atomic E-state index is 12.8. The minimum atomic E-state index is -0.174. The van der Waals surface area contributed by atoms with Gasteiger partial charge in [-0.1, -0.05) is 24.3 Å². The van der Waals surface area contributed by atoms with Crippen molar-refractivity contribution < 1.29 is 19.0 Å². The second-order valence-corrected chi connectivity index (χ2v) is 5.97. The first-order valence-electron chi connectivity index (χ1n) is 8.47. The third-order valence-electron chi connectivity index (χ3n) is 4.17. The highest BCUT2D eigenvalue weighted by atomic mass is 16.6. The van der Waals surface area contributed by atoms with E-state index in [1.165, 1.54) is 0 Å². The molecule has 5 nitrogen and oxygen atoms in total. The summed E-state index contributed by atoms with van der Waals surface area (Å²) in [6.45, 7) is 4.05. The van der Waals surface area contributed by atoms with Crippen LogP contribution in [0, 0.1) is 0 Å². The first-order valence-corrected chi connectivity index (χ1v) is 8.47. The molecular formula is C20H23NO4. The van der Waals surface area contributed by atoms with Gasteiger partial charge < -0.3 is 19.1 Å². The number of hydrogen-bond donors (Lipinski definition) is 0. The lowest BCUT2D eigenvalue weighted by Crippen LogP contribution is -2.43. The van der Waals surface area contributed by atoms with Gasteiger partial charge in [0.25, 0.3) is 5.91 Å². The molecule has 1 aliphatic rings. The Bertz CT molecular complexity index is 714. The van der Waals surface area contributed by atoms with E-state index in [2.05, 4.69) is 0 Å². The Labute approximate surface area is 148 Å². The third kappa shape index (κ3) is 4.12. The molecule has 132 valence electrons. The molecule has 2 aromatic carbocycles. The summed E-state index contributed by atoms with van der Waals surface area (Å²) in [5.74, 6) is 1.47. The van der Waals surface area contributed by atoms with Crippen LogP contribution < -0.4 is 9.47 Å². The lowest BCUT2D eigenvalue weighted by molar-refractivity contribution is 0.0475. The molecule has 1 unspecified atom stereocenters. The van der Waals surface area contributed by atoms with Crippen molar-refractivity contribution in [3.05, 3.63) is 59.7 Å². The Kier molecular flexibility index (Phi) is 5.56. The number of benzene rings is 2. The number of likely N-dealkylation sites (N-methyl/N-ethyl adjacent to an activating group) is 1. The second kappa shape index (κ2) is 8.03. The van der Waals surface area contributed by atoms with Crippen molar-refractivity contribution >= 4 is 5.91 Å². The van der Waals surface area contributed by atoms with E-state index in [1.807, 2.05) is 55.5 Å². The highest BCUT2D eigenvalue weighted by Crippen LogP contribution is 2.31. The van der Waals surface area contributed by atoms with Gasteiger partial charge >= 0.3 is 0 Å². The standard InChI is InChI=1S/C20H23NO4/c1-3-21(20(22)16-10-8-15(9-11-16)13-23-2)12-17-14-24-18-6-4-5-7-19(18)25-17/h4-11,17H,3,12-14H2,1-2H3. The largest absolute Gasteiger partial charge is 0.486 e. The van der Waals surface area contributed by atoms with E-state index in [0.29, 0.717) is 31.9 Å². The topological polar surface area (TPSA) is 48.0 Å². The summed E-state index contributed by atoms with van der Waals surface area (Å²) in [6.07, 6.45) is -0.174. The summed E-state index contributed by atoms with van der Waals surface area (Å²) in [5, 5.41) is 0. The van der Waals surface area contributed by atoms with E-state index in [-0.39, 0.29) is 12.0 Å². The summed E-state index contributed by atoms with van der Waals surface area (Å²) in [6, 6.07) is 15.1. The van der Waals surface area contributed by atoms with Crippen molar-refractivity contribution in [2.75, 3.05) is 26.8 Å². The van der Waals surface area contributed by atoms with Crippen LogP contribution in [0.5, 0.6) is 11.5 Å². The quantitative estimate of drug-likeness (QED) is 0.810. The number of para-hydroxylation sites is 2. The lowest BCUT2D eigenvalue weighted by Gasteiger charge is -2.31. The Morgan fingerprint density at radius 1 is 1.16 bits per heavy atom. The van der Waals surface area contributed by atoms with Crippen molar-refractivity contribution in [2.45, 2.75) is 19.6 Å². The van der Waals surface area contributed by atoms with Crippen molar-refractivity contribution in [3.63, 3.8) is 0 Å². The number of nitrogens with zero attached hydrogens (tertiary/aromatic N) is 1. The first-order chi connectivity index (χ1) is 12.2. The lowest BCUT2D eigenvalue weighted by atomic mass is 10.1.